The van der Waals surface area contributed by atoms with Gasteiger partial charge in [0.15, 0.2) is 0 Å². The molecule has 0 N–H and O–H groups in total. The van der Waals surface area contributed by atoms with Crippen molar-refractivity contribution in [2.45, 2.75) is 110 Å². The van der Waals surface area contributed by atoms with Crippen molar-refractivity contribution < 1.29 is 4.79 Å². The summed E-state index contributed by atoms with van der Waals surface area (Å²) in [6.07, 6.45) is 23.6. The molecule has 1 nitrogen and oxygen atoms in total. The van der Waals surface area contributed by atoms with Crippen LogP contribution in [-0.4, -0.2) is 6.29 Å². The third-order valence-electron chi connectivity index (χ3n) is 6.67. The van der Waals surface area contributed by atoms with Gasteiger partial charge in [0.25, 0.3) is 0 Å². The fourth-order valence-electron chi connectivity index (χ4n) is 5.30. The number of carbonyl (C=O) groups excluding carboxylic acids is 1. The lowest BCUT2D eigenvalue weighted by atomic mass is 9.77. The molecule has 0 aliphatic heterocycles. The lowest BCUT2D eigenvalue weighted by molar-refractivity contribution is -0.113. The molecule has 2 aliphatic carbocycles. The quantitative estimate of drug-likeness (QED) is 0.315. The fourth-order valence-corrected chi connectivity index (χ4v) is 5.30. The molecule has 0 aromatic carbocycles. The number of rotatable bonds is 10. The predicted octanol–water partition coefficient (Wildman–Crippen LogP) is 6.94. The Hall–Kier alpha value is -0.330. The van der Waals surface area contributed by atoms with Crippen molar-refractivity contribution in [3.05, 3.63) is 0 Å². The molecule has 0 radical (unpaired) electrons. The molecule has 0 spiro atoms. The van der Waals surface area contributed by atoms with E-state index < -0.39 is 0 Å². The SMILES string of the molecule is CCCC1CCCC(CCCCCCC2CCCCC2C=O)C1. The molecular weight excluding hydrogens is 280 g/mol. The monoisotopic (exact) mass is 320 g/mol. The smallest absolute Gasteiger partial charge is 0.123 e. The summed E-state index contributed by atoms with van der Waals surface area (Å²) in [6.45, 7) is 2.34. The maximum atomic E-state index is 11.2. The summed E-state index contributed by atoms with van der Waals surface area (Å²) in [7, 11) is 0. The first-order valence-electron chi connectivity index (χ1n) is 10.8. The van der Waals surface area contributed by atoms with Crippen LogP contribution in [0.5, 0.6) is 0 Å². The van der Waals surface area contributed by atoms with Crippen LogP contribution in [-0.2, 0) is 4.79 Å². The van der Waals surface area contributed by atoms with Crippen LogP contribution in [0.4, 0.5) is 0 Å². The van der Waals surface area contributed by atoms with Crippen molar-refractivity contribution in [3.63, 3.8) is 0 Å². The van der Waals surface area contributed by atoms with E-state index in [0.717, 1.165) is 24.2 Å². The van der Waals surface area contributed by atoms with Gasteiger partial charge in [0.05, 0.1) is 0 Å². The molecule has 2 saturated carbocycles. The zero-order valence-corrected chi connectivity index (χ0v) is 15.6. The Balaban J connectivity index is 1.49. The maximum Gasteiger partial charge on any atom is 0.123 e. The highest BCUT2D eigenvalue weighted by molar-refractivity contribution is 5.54. The van der Waals surface area contributed by atoms with Crippen LogP contribution in [0.15, 0.2) is 0 Å². The molecule has 0 aromatic rings. The third kappa shape index (κ3) is 6.98. The van der Waals surface area contributed by atoms with Crippen molar-refractivity contribution in [1.29, 1.82) is 0 Å². The van der Waals surface area contributed by atoms with Gasteiger partial charge < -0.3 is 4.79 Å². The minimum Gasteiger partial charge on any atom is -0.303 e. The van der Waals surface area contributed by atoms with Gasteiger partial charge in [-0.2, -0.15) is 0 Å². The van der Waals surface area contributed by atoms with E-state index in [4.69, 9.17) is 0 Å². The van der Waals surface area contributed by atoms with Crippen molar-refractivity contribution in [3.8, 4) is 0 Å². The molecule has 2 fully saturated rings. The number of unbranched alkanes of at least 4 members (excludes halogenated alkanes) is 3. The first kappa shape index (κ1) is 19.0. The summed E-state index contributed by atoms with van der Waals surface area (Å²) in [6, 6.07) is 0. The molecule has 2 aliphatic rings. The first-order chi connectivity index (χ1) is 11.3. The molecule has 1 heteroatoms. The molecule has 0 saturated heterocycles. The Morgan fingerprint density at radius 2 is 1.48 bits per heavy atom. The van der Waals surface area contributed by atoms with Crippen LogP contribution in [0.3, 0.4) is 0 Å². The normalized spacial score (nSPS) is 31.9. The number of aldehydes is 1. The summed E-state index contributed by atoms with van der Waals surface area (Å²) in [5.74, 6) is 3.19. The summed E-state index contributed by atoms with van der Waals surface area (Å²) >= 11 is 0. The van der Waals surface area contributed by atoms with Crippen molar-refractivity contribution in [1.82, 2.24) is 0 Å². The minimum absolute atomic E-state index is 0.390. The second-order valence-corrected chi connectivity index (χ2v) is 8.52. The Morgan fingerprint density at radius 3 is 2.22 bits per heavy atom. The number of carbonyl (C=O) groups is 1. The van der Waals surface area contributed by atoms with Crippen LogP contribution < -0.4 is 0 Å². The molecule has 0 amide bonds. The molecule has 0 bridgehead atoms. The van der Waals surface area contributed by atoms with Crippen LogP contribution in [0.25, 0.3) is 0 Å². The zero-order chi connectivity index (χ0) is 16.3. The van der Waals surface area contributed by atoms with Crippen molar-refractivity contribution >= 4 is 6.29 Å². The van der Waals surface area contributed by atoms with Gasteiger partial charge in [-0.15, -0.1) is 0 Å². The van der Waals surface area contributed by atoms with E-state index in [2.05, 4.69) is 6.92 Å². The van der Waals surface area contributed by atoms with Crippen LogP contribution in [0.2, 0.25) is 0 Å². The van der Waals surface area contributed by atoms with Crippen molar-refractivity contribution in [2.75, 3.05) is 0 Å². The van der Waals surface area contributed by atoms with E-state index in [0.29, 0.717) is 5.92 Å². The third-order valence-corrected chi connectivity index (χ3v) is 6.67. The number of hydrogen-bond acceptors (Lipinski definition) is 1. The van der Waals surface area contributed by atoms with Gasteiger partial charge in [-0.25, -0.2) is 0 Å². The zero-order valence-electron chi connectivity index (χ0n) is 15.6. The van der Waals surface area contributed by atoms with E-state index in [-0.39, 0.29) is 0 Å². The Morgan fingerprint density at radius 1 is 0.783 bits per heavy atom. The molecule has 0 aromatic heterocycles. The first-order valence-corrected chi connectivity index (χ1v) is 10.8. The Bertz CT molecular complexity index is 309. The van der Waals surface area contributed by atoms with Gasteiger partial charge in [-0.3, -0.25) is 0 Å². The van der Waals surface area contributed by atoms with Crippen molar-refractivity contribution in [2.24, 2.45) is 23.7 Å². The highest BCUT2D eigenvalue weighted by Gasteiger charge is 2.24. The summed E-state index contributed by atoms with van der Waals surface area (Å²) < 4.78 is 0. The minimum atomic E-state index is 0.390. The standard InChI is InChI=1S/C22H40O/c1-2-10-19-12-9-13-20(17-19)11-5-3-4-6-14-21-15-7-8-16-22(21)18-23/h18-22H,2-17H2,1H3. The molecule has 2 rings (SSSR count). The van der Waals surface area contributed by atoms with E-state index in [1.54, 1.807) is 0 Å². The van der Waals surface area contributed by atoms with Crippen LogP contribution in [0.1, 0.15) is 110 Å². The summed E-state index contributed by atoms with van der Waals surface area (Å²) in [4.78, 5) is 11.2. The second-order valence-electron chi connectivity index (χ2n) is 8.52. The molecule has 4 unspecified atom stereocenters. The average Bonchev–Trinajstić information content (AvgIpc) is 2.59. The Labute approximate surface area is 145 Å². The molecule has 134 valence electrons. The second kappa shape index (κ2) is 11.3. The number of hydrogen-bond donors (Lipinski definition) is 0. The van der Waals surface area contributed by atoms with Crippen LogP contribution in [0, 0.1) is 23.7 Å². The summed E-state index contributed by atoms with van der Waals surface area (Å²) in [5.41, 5.74) is 0. The molecular formula is C22H40O. The highest BCUT2D eigenvalue weighted by Crippen LogP contribution is 2.35. The predicted molar refractivity (Wildman–Crippen MR) is 99.6 cm³/mol. The van der Waals surface area contributed by atoms with E-state index in [9.17, 15) is 4.79 Å². The van der Waals surface area contributed by atoms with Crippen LogP contribution >= 0.6 is 0 Å². The molecule has 23 heavy (non-hydrogen) atoms. The topological polar surface area (TPSA) is 17.1 Å². The summed E-state index contributed by atoms with van der Waals surface area (Å²) in [5, 5.41) is 0. The lowest BCUT2D eigenvalue weighted by Crippen LogP contribution is -2.20. The maximum absolute atomic E-state index is 11.2. The van der Waals surface area contributed by atoms with Gasteiger partial charge >= 0.3 is 0 Å². The van der Waals surface area contributed by atoms with Gasteiger partial charge in [-0.1, -0.05) is 84.0 Å². The molecule has 0 heterocycles. The van der Waals surface area contributed by atoms with Gasteiger partial charge in [0.2, 0.25) is 0 Å². The van der Waals surface area contributed by atoms with Gasteiger partial charge in [0, 0.05) is 5.92 Å². The van der Waals surface area contributed by atoms with Gasteiger partial charge in [0.1, 0.15) is 6.29 Å². The van der Waals surface area contributed by atoms with E-state index >= 15 is 0 Å². The largest absolute Gasteiger partial charge is 0.303 e. The Kier molecular flexibility index (Phi) is 9.31. The average molecular weight is 321 g/mol. The van der Waals surface area contributed by atoms with E-state index in [1.165, 1.54) is 103 Å². The van der Waals surface area contributed by atoms with E-state index in [1.807, 2.05) is 0 Å². The fraction of sp³-hybridized carbons (Fsp3) is 0.955. The molecule has 4 atom stereocenters. The van der Waals surface area contributed by atoms with Gasteiger partial charge in [-0.05, 0) is 43.4 Å². The highest BCUT2D eigenvalue weighted by atomic mass is 16.1. The lowest BCUT2D eigenvalue weighted by Gasteiger charge is -2.29.